The number of nitrogens with zero attached hydrogens (tertiary/aromatic N) is 1. The van der Waals surface area contributed by atoms with Crippen molar-refractivity contribution in [3.05, 3.63) is 0 Å². The van der Waals surface area contributed by atoms with Crippen molar-refractivity contribution in [1.82, 2.24) is 4.90 Å². The summed E-state index contributed by atoms with van der Waals surface area (Å²) in [6.07, 6.45) is 17.5. The van der Waals surface area contributed by atoms with Crippen LogP contribution in [-0.2, 0) is 14.3 Å². The van der Waals surface area contributed by atoms with Gasteiger partial charge in [0.05, 0.1) is 13.2 Å². The first-order valence-corrected chi connectivity index (χ1v) is 13.0. The summed E-state index contributed by atoms with van der Waals surface area (Å²) in [5, 5.41) is 0. The maximum atomic E-state index is 12.6. The van der Waals surface area contributed by atoms with Crippen molar-refractivity contribution in [2.75, 3.05) is 20.3 Å². The molecular weight excluding hydrogens is 390 g/mol. The van der Waals surface area contributed by atoms with Gasteiger partial charge in [0.25, 0.3) is 0 Å². The zero-order chi connectivity index (χ0) is 23.3. The van der Waals surface area contributed by atoms with Crippen molar-refractivity contribution in [2.45, 2.75) is 130 Å². The molecule has 0 rings (SSSR count). The number of likely N-dealkylation sites (N-methyl/N-ethyl adjacent to an activating group) is 1. The van der Waals surface area contributed by atoms with E-state index in [-0.39, 0.29) is 11.9 Å². The van der Waals surface area contributed by atoms with Gasteiger partial charge in [0.2, 0.25) is 0 Å². The molecule has 0 saturated heterocycles. The standard InChI is InChI=1S/C26H51NO4/c1-6-8-10-12-14-15-16-18-19-21-30-25(28)24(23(3)4)27(5)26(29)31-22-20-17-13-11-9-7-2/h23-24H,6-22H2,1-5H3. The third-order valence-electron chi connectivity index (χ3n) is 5.79. The lowest BCUT2D eigenvalue weighted by atomic mass is 10.0. The molecule has 184 valence electrons. The molecule has 5 heteroatoms. The summed E-state index contributed by atoms with van der Waals surface area (Å²) in [4.78, 5) is 26.3. The molecule has 1 atom stereocenters. The van der Waals surface area contributed by atoms with Gasteiger partial charge in [-0.3, -0.25) is 4.90 Å². The van der Waals surface area contributed by atoms with Gasteiger partial charge in [-0.25, -0.2) is 9.59 Å². The number of amides is 1. The van der Waals surface area contributed by atoms with Crippen LogP contribution in [-0.4, -0.2) is 43.3 Å². The minimum Gasteiger partial charge on any atom is -0.464 e. The summed E-state index contributed by atoms with van der Waals surface area (Å²) in [5.74, 6) is -0.351. The Morgan fingerprint density at radius 3 is 1.45 bits per heavy atom. The smallest absolute Gasteiger partial charge is 0.410 e. The number of ether oxygens (including phenoxy) is 2. The molecule has 1 amide bonds. The summed E-state index contributed by atoms with van der Waals surface area (Å²) in [5.41, 5.74) is 0. The summed E-state index contributed by atoms with van der Waals surface area (Å²) < 4.78 is 10.9. The van der Waals surface area contributed by atoms with Crippen LogP contribution in [0.1, 0.15) is 124 Å². The lowest BCUT2D eigenvalue weighted by molar-refractivity contribution is -0.150. The van der Waals surface area contributed by atoms with Gasteiger partial charge in [0.15, 0.2) is 0 Å². The summed E-state index contributed by atoms with van der Waals surface area (Å²) >= 11 is 0. The highest BCUT2D eigenvalue weighted by molar-refractivity contribution is 5.81. The van der Waals surface area contributed by atoms with E-state index in [0.29, 0.717) is 13.2 Å². The Morgan fingerprint density at radius 1 is 0.645 bits per heavy atom. The highest BCUT2D eigenvalue weighted by Crippen LogP contribution is 2.14. The molecule has 0 aromatic carbocycles. The van der Waals surface area contributed by atoms with Gasteiger partial charge < -0.3 is 9.47 Å². The van der Waals surface area contributed by atoms with Crippen molar-refractivity contribution in [1.29, 1.82) is 0 Å². The second kappa shape index (κ2) is 20.6. The third-order valence-corrected chi connectivity index (χ3v) is 5.79. The van der Waals surface area contributed by atoms with Crippen LogP contribution in [0.5, 0.6) is 0 Å². The minimum absolute atomic E-state index is 0.0257. The molecule has 0 aromatic heterocycles. The molecule has 0 spiro atoms. The fourth-order valence-corrected chi connectivity index (χ4v) is 3.81. The molecule has 0 aliphatic rings. The summed E-state index contributed by atoms with van der Waals surface area (Å²) in [6, 6.07) is -0.601. The van der Waals surface area contributed by atoms with Crippen LogP contribution >= 0.6 is 0 Å². The largest absolute Gasteiger partial charge is 0.464 e. The highest BCUT2D eigenvalue weighted by Gasteiger charge is 2.32. The highest BCUT2D eigenvalue weighted by atomic mass is 16.6. The first kappa shape index (κ1) is 29.7. The van der Waals surface area contributed by atoms with Gasteiger partial charge in [-0.15, -0.1) is 0 Å². The first-order valence-electron chi connectivity index (χ1n) is 13.0. The van der Waals surface area contributed by atoms with E-state index in [1.807, 2.05) is 13.8 Å². The quantitative estimate of drug-likeness (QED) is 0.145. The second-order valence-electron chi connectivity index (χ2n) is 9.18. The molecule has 1 unspecified atom stereocenters. The van der Waals surface area contributed by atoms with Crippen LogP contribution in [0, 0.1) is 5.92 Å². The normalized spacial score (nSPS) is 12.1. The van der Waals surface area contributed by atoms with E-state index < -0.39 is 12.1 Å². The van der Waals surface area contributed by atoms with E-state index in [2.05, 4.69) is 13.8 Å². The van der Waals surface area contributed by atoms with Gasteiger partial charge >= 0.3 is 12.1 Å². The SMILES string of the molecule is CCCCCCCCCCCOC(=O)C(C(C)C)N(C)C(=O)OCCCCCCCC. The molecule has 0 fully saturated rings. The van der Waals surface area contributed by atoms with E-state index in [1.54, 1.807) is 7.05 Å². The van der Waals surface area contributed by atoms with Crippen molar-refractivity contribution in [3.8, 4) is 0 Å². The molecule has 0 aliphatic carbocycles. The lowest BCUT2D eigenvalue weighted by Gasteiger charge is -2.28. The van der Waals surface area contributed by atoms with Crippen LogP contribution in [0.4, 0.5) is 4.79 Å². The van der Waals surface area contributed by atoms with E-state index in [9.17, 15) is 9.59 Å². The maximum Gasteiger partial charge on any atom is 0.410 e. The van der Waals surface area contributed by atoms with E-state index >= 15 is 0 Å². The van der Waals surface area contributed by atoms with E-state index in [4.69, 9.17) is 9.47 Å². The number of hydrogen-bond donors (Lipinski definition) is 0. The Labute approximate surface area is 192 Å². The van der Waals surface area contributed by atoms with Crippen molar-refractivity contribution in [2.24, 2.45) is 5.92 Å². The topological polar surface area (TPSA) is 55.8 Å². The minimum atomic E-state index is -0.601. The monoisotopic (exact) mass is 441 g/mol. The van der Waals surface area contributed by atoms with Crippen molar-refractivity contribution in [3.63, 3.8) is 0 Å². The Bertz CT molecular complexity index is 439. The second-order valence-corrected chi connectivity index (χ2v) is 9.18. The molecule has 0 heterocycles. The van der Waals surface area contributed by atoms with E-state index in [0.717, 1.165) is 25.7 Å². The predicted octanol–water partition coefficient (Wildman–Crippen LogP) is 7.51. The molecule has 0 saturated carbocycles. The Morgan fingerprint density at radius 2 is 1.03 bits per heavy atom. The van der Waals surface area contributed by atoms with Crippen molar-refractivity contribution < 1.29 is 19.1 Å². The fraction of sp³-hybridized carbons (Fsp3) is 0.923. The number of carbonyl (C=O) groups is 2. The molecule has 0 N–H and O–H groups in total. The predicted molar refractivity (Wildman–Crippen MR) is 129 cm³/mol. The zero-order valence-corrected chi connectivity index (χ0v) is 21.3. The van der Waals surface area contributed by atoms with Gasteiger partial charge in [0.1, 0.15) is 6.04 Å². The third kappa shape index (κ3) is 16.1. The fourth-order valence-electron chi connectivity index (χ4n) is 3.81. The van der Waals surface area contributed by atoms with Crippen LogP contribution < -0.4 is 0 Å². The molecular formula is C26H51NO4. The Hall–Kier alpha value is -1.26. The molecule has 0 radical (unpaired) electrons. The molecule has 0 aliphatic heterocycles. The van der Waals surface area contributed by atoms with Gasteiger partial charge in [-0.1, -0.05) is 111 Å². The van der Waals surface area contributed by atoms with Crippen molar-refractivity contribution >= 4 is 12.1 Å². The number of unbranched alkanes of at least 4 members (excludes halogenated alkanes) is 13. The molecule has 5 nitrogen and oxygen atoms in total. The number of hydrogen-bond acceptors (Lipinski definition) is 4. The van der Waals surface area contributed by atoms with Crippen LogP contribution in [0.15, 0.2) is 0 Å². The summed E-state index contributed by atoms with van der Waals surface area (Å²) in [6.45, 7) is 9.14. The lowest BCUT2D eigenvalue weighted by Crippen LogP contribution is -2.46. The van der Waals surface area contributed by atoms with Crippen LogP contribution in [0.25, 0.3) is 0 Å². The number of rotatable bonds is 20. The molecule has 0 aromatic rings. The van der Waals surface area contributed by atoms with Crippen LogP contribution in [0.3, 0.4) is 0 Å². The average molecular weight is 442 g/mol. The number of carbonyl (C=O) groups excluding carboxylic acids is 2. The first-order chi connectivity index (χ1) is 15.0. The summed E-state index contributed by atoms with van der Waals surface area (Å²) in [7, 11) is 1.63. The van der Waals surface area contributed by atoms with Crippen LogP contribution in [0.2, 0.25) is 0 Å². The van der Waals surface area contributed by atoms with Gasteiger partial charge in [-0.05, 0) is 18.8 Å². The van der Waals surface area contributed by atoms with Gasteiger partial charge in [-0.2, -0.15) is 0 Å². The zero-order valence-electron chi connectivity index (χ0n) is 21.3. The Kier molecular flexibility index (Phi) is 19.8. The van der Waals surface area contributed by atoms with E-state index in [1.165, 1.54) is 75.5 Å². The number of esters is 1. The van der Waals surface area contributed by atoms with Gasteiger partial charge in [0, 0.05) is 7.05 Å². The molecule has 31 heavy (non-hydrogen) atoms. The average Bonchev–Trinajstić information content (AvgIpc) is 2.74. The molecule has 0 bridgehead atoms. The maximum absolute atomic E-state index is 12.6. The Balaban J connectivity index is 4.04.